The number of hydrogen-bond acceptors (Lipinski definition) is 2. The van der Waals surface area contributed by atoms with Gasteiger partial charge in [-0.3, -0.25) is 9.59 Å². The fraction of sp³-hybridized carbons (Fsp3) is 0.529. The molecule has 1 aliphatic rings. The summed E-state index contributed by atoms with van der Waals surface area (Å²) in [4.78, 5) is 28.0. The average Bonchev–Trinajstić information content (AvgIpc) is 2.53. The van der Waals surface area contributed by atoms with Crippen molar-refractivity contribution in [3.63, 3.8) is 0 Å². The Morgan fingerprint density at radius 2 is 1.91 bits per heavy atom. The highest BCUT2D eigenvalue weighted by molar-refractivity contribution is 6.40. The van der Waals surface area contributed by atoms with E-state index in [1.165, 1.54) is 11.8 Å². The van der Waals surface area contributed by atoms with Gasteiger partial charge in [0, 0.05) is 19.5 Å². The van der Waals surface area contributed by atoms with Crippen LogP contribution < -0.4 is 4.90 Å². The van der Waals surface area contributed by atoms with Crippen LogP contribution in [0.2, 0.25) is 10.0 Å². The van der Waals surface area contributed by atoms with Gasteiger partial charge in [0.15, 0.2) is 0 Å². The van der Waals surface area contributed by atoms with Gasteiger partial charge < -0.3 is 9.80 Å². The third kappa shape index (κ3) is 4.18. The number of halogens is 2. The first-order chi connectivity index (χ1) is 11.0. The van der Waals surface area contributed by atoms with E-state index < -0.39 is 0 Å². The van der Waals surface area contributed by atoms with Crippen molar-refractivity contribution in [2.75, 3.05) is 18.0 Å². The topological polar surface area (TPSA) is 40.6 Å². The molecule has 1 heterocycles. The third-order valence-electron chi connectivity index (χ3n) is 4.30. The Balaban J connectivity index is 2.23. The minimum Gasteiger partial charge on any atom is -0.338 e. The van der Waals surface area contributed by atoms with Gasteiger partial charge in [-0.15, -0.1) is 0 Å². The zero-order valence-electron chi connectivity index (χ0n) is 13.5. The maximum Gasteiger partial charge on any atom is 0.242 e. The number of piperidine rings is 1. The summed E-state index contributed by atoms with van der Waals surface area (Å²) < 4.78 is 0. The number of benzene rings is 1. The molecular weight excluding hydrogens is 335 g/mol. The lowest BCUT2D eigenvalue weighted by molar-refractivity contribution is -0.134. The zero-order valence-corrected chi connectivity index (χ0v) is 15.0. The van der Waals surface area contributed by atoms with Crippen LogP contribution in [0, 0.1) is 0 Å². The molecule has 126 valence electrons. The van der Waals surface area contributed by atoms with Crippen LogP contribution in [0.3, 0.4) is 0 Å². The summed E-state index contributed by atoms with van der Waals surface area (Å²) in [6, 6.07) is 5.30. The van der Waals surface area contributed by atoms with Crippen LogP contribution in [-0.4, -0.2) is 35.8 Å². The second kappa shape index (κ2) is 8.02. The van der Waals surface area contributed by atoms with Gasteiger partial charge in [-0.2, -0.15) is 0 Å². The lowest BCUT2D eigenvalue weighted by Crippen LogP contribution is -2.48. The van der Waals surface area contributed by atoms with E-state index in [1.807, 2.05) is 4.90 Å². The van der Waals surface area contributed by atoms with Gasteiger partial charge in [0.25, 0.3) is 0 Å². The number of para-hydroxylation sites is 1. The van der Waals surface area contributed by atoms with Crippen molar-refractivity contribution >= 4 is 40.7 Å². The lowest BCUT2D eigenvalue weighted by atomic mass is 10.00. The Hall–Kier alpha value is -1.26. The Kier molecular flexibility index (Phi) is 6.31. The van der Waals surface area contributed by atoms with E-state index >= 15 is 0 Å². The van der Waals surface area contributed by atoms with Crippen molar-refractivity contribution < 1.29 is 9.59 Å². The highest BCUT2D eigenvalue weighted by Crippen LogP contribution is 2.34. The molecule has 0 radical (unpaired) electrons. The monoisotopic (exact) mass is 356 g/mol. The maximum absolute atomic E-state index is 12.7. The first-order valence-electron chi connectivity index (χ1n) is 7.97. The molecule has 1 aromatic rings. The molecule has 0 spiro atoms. The smallest absolute Gasteiger partial charge is 0.242 e. The minimum absolute atomic E-state index is 0.0325. The molecule has 1 aromatic carbocycles. The first kappa shape index (κ1) is 18.1. The summed E-state index contributed by atoms with van der Waals surface area (Å²) in [5.74, 6) is -0.304. The van der Waals surface area contributed by atoms with Gasteiger partial charge in [-0.05, 0) is 37.8 Å². The molecular formula is C17H22Cl2N2O2. The molecule has 1 unspecified atom stereocenters. The normalized spacial score (nSPS) is 17.9. The summed E-state index contributed by atoms with van der Waals surface area (Å²) in [7, 11) is 0. The van der Waals surface area contributed by atoms with Crippen molar-refractivity contribution in [1.29, 1.82) is 0 Å². The number of nitrogens with zero attached hydrogens (tertiary/aromatic N) is 2. The summed E-state index contributed by atoms with van der Waals surface area (Å²) in [5.41, 5.74) is 0.404. The molecule has 0 saturated carbocycles. The van der Waals surface area contributed by atoms with Gasteiger partial charge in [-0.1, -0.05) is 36.2 Å². The largest absolute Gasteiger partial charge is 0.338 e. The van der Waals surface area contributed by atoms with Gasteiger partial charge in [0.2, 0.25) is 11.8 Å². The molecule has 1 aliphatic heterocycles. The van der Waals surface area contributed by atoms with Crippen molar-refractivity contribution in [2.24, 2.45) is 0 Å². The Bertz CT molecular complexity index is 572. The average molecular weight is 357 g/mol. The zero-order chi connectivity index (χ0) is 17.0. The van der Waals surface area contributed by atoms with E-state index in [-0.39, 0.29) is 24.4 Å². The van der Waals surface area contributed by atoms with Crippen LogP contribution in [0.5, 0.6) is 0 Å². The number of anilines is 1. The first-order valence-corrected chi connectivity index (χ1v) is 8.72. The number of likely N-dealkylation sites (tertiary alicyclic amines) is 1. The van der Waals surface area contributed by atoms with E-state index in [0.717, 1.165) is 32.2 Å². The lowest BCUT2D eigenvalue weighted by Gasteiger charge is -2.36. The SMILES string of the molecule is CCC1CCCCN1C(=O)CN(C(C)=O)c1c(Cl)cccc1Cl. The number of amides is 2. The van der Waals surface area contributed by atoms with Crippen LogP contribution in [0.1, 0.15) is 39.5 Å². The fourth-order valence-corrected chi connectivity index (χ4v) is 3.68. The van der Waals surface area contributed by atoms with E-state index in [9.17, 15) is 9.59 Å². The molecule has 0 N–H and O–H groups in total. The van der Waals surface area contributed by atoms with Crippen LogP contribution in [0.15, 0.2) is 18.2 Å². The Labute approximate surface area is 147 Å². The standard InChI is InChI=1S/C17H22Cl2N2O2/c1-3-13-7-4-5-10-20(13)16(23)11-21(12(2)22)17-14(18)8-6-9-15(17)19/h6,8-9,13H,3-5,7,10-11H2,1-2H3. The molecule has 1 fully saturated rings. The van der Waals surface area contributed by atoms with Crippen molar-refractivity contribution in [1.82, 2.24) is 4.90 Å². The number of carbonyl (C=O) groups excluding carboxylic acids is 2. The number of carbonyl (C=O) groups is 2. The molecule has 0 aliphatic carbocycles. The summed E-state index contributed by atoms with van der Waals surface area (Å²) in [6.45, 7) is 4.22. The second-order valence-corrected chi connectivity index (χ2v) is 6.63. The molecule has 2 amide bonds. The summed E-state index contributed by atoms with van der Waals surface area (Å²) >= 11 is 12.4. The molecule has 4 nitrogen and oxygen atoms in total. The predicted molar refractivity (Wildman–Crippen MR) is 94.1 cm³/mol. The second-order valence-electron chi connectivity index (χ2n) is 5.82. The van der Waals surface area contributed by atoms with E-state index in [4.69, 9.17) is 23.2 Å². The molecule has 1 saturated heterocycles. The highest BCUT2D eigenvalue weighted by atomic mass is 35.5. The third-order valence-corrected chi connectivity index (χ3v) is 4.91. The molecule has 0 bridgehead atoms. The van der Waals surface area contributed by atoms with Crippen LogP contribution >= 0.6 is 23.2 Å². The predicted octanol–water partition coefficient (Wildman–Crippen LogP) is 4.14. The summed E-state index contributed by atoms with van der Waals surface area (Å²) in [6.07, 6.45) is 4.11. The fourth-order valence-electron chi connectivity index (χ4n) is 3.07. The van der Waals surface area contributed by atoms with Gasteiger partial charge >= 0.3 is 0 Å². The molecule has 6 heteroatoms. The quantitative estimate of drug-likeness (QED) is 0.813. The number of rotatable bonds is 4. The Morgan fingerprint density at radius 3 is 2.48 bits per heavy atom. The summed E-state index contributed by atoms with van der Waals surface area (Å²) in [5, 5.41) is 0.734. The molecule has 2 rings (SSSR count). The van der Waals surface area contributed by atoms with Gasteiger partial charge in [0.1, 0.15) is 6.54 Å². The van der Waals surface area contributed by atoms with Gasteiger partial charge in [-0.25, -0.2) is 0 Å². The van der Waals surface area contributed by atoms with Crippen molar-refractivity contribution in [3.05, 3.63) is 28.2 Å². The minimum atomic E-state index is -0.251. The van der Waals surface area contributed by atoms with Crippen molar-refractivity contribution in [2.45, 2.75) is 45.6 Å². The molecule has 0 aromatic heterocycles. The molecule has 23 heavy (non-hydrogen) atoms. The van der Waals surface area contributed by atoms with Crippen LogP contribution in [-0.2, 0) is 9.59 Å². The Morgan fingerprint density at radius 1 is 1.26 bits per heavy atom. The van der Waals surface area contributed by atoms with E-state index in [1.54, 1.807) is 18.2 Å². The molecule has 1 atom stereocenters. The maximum atomic E-state index is 12.7. The van der Waals surface area contributed by atoms with Crippen molar-refractivity contribution in [3.8, 4) is 0 Å². The van der Waals surface area contributed by atoms with Crippen LogP contribution in [0.25, 0.3) is 0 Å². The van der Waals surface area contributed by atoms with Crippen LogP contribution in [0.4, 0.5) is 5.69 Å². The van der Waals surface area contributed by atoms with E-state index in [0.29, 0.717) is 15.7 Å². The highest BCUT2D eigenvalue weighted by Gasteiger charge is 2.28. The number of hydrogen-bond donors (Lipinski definition) is 0. The van der Waals surface area contributed by atoms with Gasteiger partial charge in [0.05, 0.1) is 15.7 Å². The van der Waals surface area contributed by atoms with E-state index in [2.05, 4.69) is 6.92 Å².